The third kappa shape index (κ3) is 39.2. The molecule has 70 heavy (non-hydrogen) atoms. The zero-order chi connectivity index (χ0) is 50.8. The molecule has 0 aromatic heterocycles. The van der Waals surface area contributed by atoms with Gasteiger partial charge in [-0.15, -0.1) is 0 Å². The van der Waals surface area contributed by atoms with Gasteiger partial charge in [0.1, 0.15) is 24.4 Å². The summed E-state index contributed by atoms with van der Waals surface area (Å²) >= 11 is 0. The van der Waals surface area contributed by atoms with Gasteiger partial charge in [0.15, 0.2) is 6.29 Å². The summed E-state index contributed by atoms with van der Waals surface area (Å²) in [6.07, 6.45) is 62.5. The molecule has 1 amide bonds. The van der Waals surface area contributed by atoms with Crippen molar-refractivity contribution in [1.29, 1.82) is 0 Å². The van der Waals surface area contributed by atoms with Gasteiger partial charge in [0, 0.05) is 6.42 Å². The van der Waals surface area contributed by atoms with Crippen LogP contribution in [0.5, 0.6) is 0 Å². The van der Waals surface area contributed by atoms with E-state index in [1.54, 1.807) is 6.08 Å². The predicted octanol–water partition coefficient (Wildman–Crippen LogP) is 14.5. The highest BCUT2D eigenvalue weighted by Crippen LogP contribution is 2.23. The van der Waals surface area contributed by atoms with E-state index in [1.807, 2.05) is 6.08 Å². The minimum atomic E-state index is -1.58. The molecule has 6 N–H and O–H groups in total. The van der Waals surface area contributed by atoms with Crippen LogP contribution in [-0.2, 0) is 14.3 Å². The van der Waals surface area contributed by atoms with Crippen molar-refractivity contribution in [3.8, 4) is 0 Å². The third-order valence-electron chi connectivity index (χ3n) is 13.5. The smallest absolute Gasteiger partial charge is 0.220 e. The van der Waals surface area contributed by atoms with Crippen molar-refractivity contribution in [2.75, 3.05) is 13.2 Å². The summed E-state index contributed by atoms with van der Waals surface area (Å²) in [7, 11) is 0. The summed E-state index contributed by atoms with van der Waals surface area (Å²) in [6, 6.07) is -0.829. The number of ether oxygens (including phenoxy) is 2. The summed E-state index contributed by atoms with van der Waals surface area (Å²) in [5, 5.41) is 54.5. The molecule has 1 rings (SSSR count). The summed E-state index contributed by atoms with van der Waals surface area (Å²) in [5.41, 5.74) is 0. The minimum Gasteiger partial charge on any atom is -0.394 e. The van der Waals surface area contributed by atoms with Gasteiger partial charge < -0.3 is 40.3 Å². The van der Waals surface area contributed by atoms with E-state index in [0.717, 1.165) is 77.0 Å². The number of aliphatic hydroxyl groups excluding tert-OH is 5. The summed E-state index contributed by atoms with van der Waals surface area (Å²) in [4.78, 5) is 13.1. The van der Waals surface area contributed by atoms with Crippen LogP contribution in [0.25, 0.3) is 0 Å². The number of rotatable bonds is 49. The summed E-state index contributed by atoms with van der Waals surface area (Å²) in [6.45, 7) is 3.67. The zero-order valence-corrected chi connectivity index (χ0v) is 45.0. The Bertz CT molecular complexity index is 1330. The monoisotopic (exact) mass is 984 g/mol. The van der Waals surface area contributed by atoms with Gasteiger partial charge in [-0.05, 0) is 70.6 Å². The van der Waals surface area contributed by atoms with Crippen LogP contribution < -0.4 is 5.32 Å². The van der Waals surface area contributed by atoms with Gasteiger partial charge >= 0.3 is 0 Å². The second kappa shape index (κ2) is 50.2. The Labute approximate surface area is 429 Å². The molecule has 7 unspecified atom stereocenters. The number of carbonyl (C=O) groups excluding carboxylic acids is 1. The Morgan fingerprint density at radius 1 is 0.500 bits per heavy atom. The van der Waals surface area contributed by atoms with Gasteiger partial charge in [-0.3, -0.25) is 4.79 Å². The van der Waals surface area contributed by atoms with Crippen LogP contribution in [0.4, 0.5) is 0 Å². The number of aliphatic hydroxyl groups is 5. The minimum absolute atomic E-state index is 0.192. The molecule has 1 aliphatic rings. The molecule has 1 saturated heterocycles. The van der Waals surface area contributed by atoms with Crippen molar-refractivity contribution in [3.05, 3.63) is 72.9 Å². The lowest BCUT2D eigenvalue weighted by Crippen LogP contribution is -2.60. The van der Waals surface area contributed by atoms with Gasteiger partial charge in [-0.2, -0.15) is 0 Å². The fourth-order valence-electron chi connectivity index (χ4n) is 8.93. The number of hydrogen-bond acceptors (Lipinski definition) is 8. The number of nitrogens with one attached hydrogen (secondary N) is 1. The number of unbranched alkanes of at least 4 members (excludes halogenated alkanes) is 29. The van der Waals surface area contributed by atoms with Gasteiger partial charge in [0.2, 0.25) is 5.91 Å². The van der Waals surface area contributed by atoms with Gasteiger partial charge in [-0.25, -0.2) is 0 Å². The van der Waals surface area contributed by atoms with Crippen molar-refractivity contribution in [2.24, 2.45) is 0 Å². The molecule has 7 atom stereocenters. The first-order chi connectivity index (χ1) is 34.3. The maximum Gasteiger partial charge on any atom is 0.220 e. The SMILES string of the molecule is CC/C=C\C/C=C\C/C=C\C/C=C\CCCCCCCCCCCCC(=O)NC(COC1OC(CO)C(O)C(O)C1O)C(O)/C=C/CC/C=C/CCCCCCCCCCCCCCCCCCCC. The molecule has 0 aromatic rings. The van der Waals surface area contributed by atoms with E-state index < -0.39 is 49.5 Å². The van der Waals surface area contributed by atoms with Gasteiger partial charge in [0.25, 0.3) is 0 Å². The highest BCUT2D eigenvalue weighted by molar-refractivity contribution is 5.76. The molecule has 1 fully saturated rings. The van der Waals surface area contributed by atoms with E-state index >= 15 is 0 Å². The topological polar surface area (TPSA) is 149 Å². The molecule has 406 valence electrons. The van der Waals surface area contributed by atoms with E-state index in [-0.39, 0.29) is 12.5 Å². The Kier molecular flexibility index (Phi) is 47.1. The standard InChI is InChI=1S/C61H109NO8/c1-3-5-7-9-11-13-15-17-19-21-23-25-27-29-30-32-34-36-38-40-42-44-46-48-50-55(64)54(53-69-61-60(68)59(67)58(66)56(52-63)70-61)62-57(65)51-49-47-45-43-41-39-37-35-33-31-28-26-24-22-20-18-16-14-12-10-8-6-4-2/h6,8,12,14,18,20,24,26,40,42,48,50,54-56,58-61,63-64,66-68H,3-5,7,9-11,13,15-17,19,21-23,25,27-39,41,43-47,49,51-53H2,1-2H3,(H,62,65)/b8-6-,14-12-,20-18-,26-24-,42-40+,50-48+. The first-order valence-electron chi connectivity index (χ1n) is 29.2. The number of allylic oxidation sites excluding steroid dienone is 11. The first-order valence-corrected chi connectivity index (χ1v) is 29.2. The molecule has 9 heteroatoms. The largest absolute Gasteiger partial charge is 0.394 e. The second-order valence-corrected chi connectivity index (χ2v) is 20.0. The normalized spacial score (nSPS) is 19.9. The van der Waals surface area contributed by atoms with E-state index in [0.29, 0.717) is 6.42 Å². The van der Waals surface area contributed by atoms with Crippen molar-refractivity contribution in [2.45, 2.75) is 294 Å². The van der Waals surface area contributed by atoms with E-state index in [2.05, 4.69) is 79.9 Å². The van der Waals surface area contributed by atoms with Crippen LogP contribution in [0.1, 0.15) is 251 Å². The molecular weight excluding hydrogens is 875 g/mol. The third-order valence-corrected chi connectivity index (χ3v) is 13.5. The lowest BCUT2D eigenvalue weighted by molar-refractivity contribution is -0.302. The lowest BCUT2D eigenvalue weighted by Gasteiger charge is -2.40. The van der Waals surface area contributed by atoms with Gasteiger partial charge in [0.05, 0.1) is 25.4 Å². The van der Waals surface area contributed by atoms with Crippen LogP contribution >= 0.6 is 0 Å². The lowest BCUT2D eigenvalue weighted by atomic mass is 9.99. The number of hydrogen-bond donors (Lipinski definition) is 6. The maximum absolute atomic E-state index is 13.1. The Morgan fingerprint density at radius 2 is 0.900 bits per heavy atom. The van der Waals surface area contributed by atoms with Crippen LogP contribution in [0.15, 0.2) is 72.9 Å². The fraction of sp³-hybridized carbons (Fsp3) is 0.787. The van der Waals surface area contributed by atoms with E-state index in [1.165, 1.54) is 154 Å². The molecular formula is C61H109NO8. The first kappa shape index (κ1) is 65.6. The average molecular weight is 985 g/mol. The summed E-state index contributed by atoms with van der Waals surface area (Å²) in [5.74, 6) is -0.192. The second-order valence-electron chi connectivity index (χ2n) is 20.0. The zero-order valence-electron chi connectivity index (χ0n) is 45.0. The van der Waals surface area contributed by atoms with Crippen LogP contribution in [0.3, 0.4) is 0 Å². The molecule has 0 saturated carbocycles. The molecule has 0 radical (unpaired) electrons. The molecule has 0 bridgehead atoms. The highest BCUT2D eigenvalue weighted by atomic mass is 16.7. The van der Waals surface area contributed by atoms with Gasteiger partial charge in [-0.1, -0.05) is 247 Å². The van der Waals surface area contributed by atoms with E-state index in [4.69, 9.17) is 9.47 Å². The molecule has 0 aromatic carbocycles. The van der Waals surface area contributed by atoms with Crippen molar-refractivity contribution >= 4 is 5.91 Å². The maximum atomic E-state index is 13.1. The van der Waals surface area contributed by atoms with Crippen LogP contribution in [0, 0.1) is 0 Å². The highest BCUT2D eigenvalue weighted by Gasteiger charge is 2.44. The quantitative estimate of drug-likeness (QED) is 0.0261. The number of carbonyl (C=O) groups is 1. The molecule has 9 nitrogen and oxygen atoms in total. The Balaban J connectivity index is 2.26. The molecule has 1 aliphatic heterocycles. The molecule has 1 heterocycles. The molecule has 0 spiro atoms. The average Bonchev–Trinajstić information content (AvgIpc) is 3.36. The Morgan fingerprint density at radius 3 is 1.37 bits per heavy atom. The van der Waals surface area contributed by atoms with Crippen molar-refractivity contribution < 1.29 is 39.8 Å². The van der Waals surface area contributed by atoms with Crippen molar-refractivity contribution in [3.63, 3.8) is 0 Å². The van der Waals surface area contributed by atoms with Crippen LogP contribution in [0.2, 0.25) is 0 Å². The summed E-state index contributed by atoms with van der Waals surface area (Å²) < 4.78 is 11.3. The number of amides is 1. The van der Waals surface area contributed by atoms with Crippen molar-refractivity contribution in [1.82, 2.24) is 5.32 Å². The Hall–Kier alpha value is -2.37. The predicted molar refractivity (Wildman–Crippen MR) is 295 cm³/mol. The fourth-order valence-corrected chi connectivity index (χ4v) is 8.93. The van der Waals surface area contributed by atoms with E-state index in [9.17, 15) is 30.3 Å². The molecule has 0 aliphatic carbocycles. The van der Waals surface area contributed by atoms with Crippen LogP contribution in [-0.4, -0.2) is 87.5 Å².